The molecule has 0 saturated carbocycles. The highest BCUT2D eigenvalue weighted by Gasteiger charge is 2.38. The van der Waals surface area contributed by atoms with Crippen molar-refractivity contribution in [2.45, 2.75) is 32.3 Å². The Morgan fingerprint density at radius 3 is 2.42 bits per heavy atom. The second kappa shape index (κ2) is 5.40. The van der Waals surface area contributed by atoms with Gasteiger partial charge in [-0.25, -0.2) is 0 Å². The summed E-state index contributed by atoms with van der Waals surface area (Å²) in [6.07, 6.45) is 0.203. The van der Waals surface area contributed by atoms with Crippen LogP contribution in [0, 0.1) is 0 Å². The molecule has 19 heavy (non-hydrogen) atoms. The molecule has 1 aliphatic heterocycles. The molecule has 1 heterocycles. The van der Waals surface area contributed by atoms with E-state index < -0.39 is 12.6 Å². The number of aliphatic hydroxyl groups is 1. The van der Waals surface area contributed by atoms with E-state index in [1.54, 1.807) is 24.3 Å². The van der Waals surface area contributed by atoms with E-state index >= 15 is 0 Å². The number of hydrogen-bond donors (Lipinski definition) is 1. The van der Waals surface area contributed by atoms with E-state index in [-0.39, 0.29) is 24.3 Å². The van der Waals surface area contributed by atoms with Crippen LogP contribution >= 0.6 is 0 Å². The number of rotatable bonds is 4. The van der Waals surface area contributed by atoms with Gasteiger partial charge in [0.25, 0.3) is 0 Å². The molecular formula is C14H17NO4. The van der Waals surface area contributed by atoms with Gasteiger partial charge in [-0.05, 0) is 31.5 Å². The number of hydrogen-bond acceptors (Lipinski definition) is 4. The summed E-state index contributed by atoms with van der Waals surface area (Å²) >= 11 is 0. The first-order valence-electron chi connectivity index (χ1n) is 6.24. The Kier molecular flexibility index (Phi) is 3.85. The largest absolute Gasteiger partial charge is 0.491 e. The van der Waals surface area contributed by atoms with Gasteiger partial charge in [0.2, 0.25) is 11.8 Å². The maximum Gasteiger partial charge on any atom is 0.239 e. The zero-order valence-electron chi connectivity index (χ0n) is 11.0. The van der Waals surface area contributed by atoms with E-state index in [1.165, 1.54) is 0 Å². The Hall–Kier alpha value is -1.88. The highest BCUT2D eigenvalue weighted by molar-refractivity contribution is 6.06. The molecule has 2 amide bonds. The van der Waals surface area contributed by atoms with Gasteiger partial charge in [0.1, 0.15) is 12.5 Å². The van der Waals surface area contributed by atoms with Crippen LogP contribution < -0.4 is 4.74 Å². The van der Waals surface area contributed by atoms with E-state index in [4.69, 9.17) is 9.84 Å². The molecule has 1 saturated heterocycles. The lowest BCUT2D eigenvalue weighted by atomic mass is 9.97. The number of carbonyl (C=O) groups is 2. The summed E-state index contributed by atoms with van der Waals surface area (Å²) < 4.78 is 5.52. The topological polar surface area (TPSA) is 66.8 Å². The molecule has 1 aromatic carbocycles. The van der Waals surface area contributed by atoms with Crippen LogP contribution in [0.15, 0.2) is 24.3 Å². The molecule has 1 N–H and O–H groups in total. The molecule has 1 fully saturated rings. The average Bonchev–Trinajstić information content (AvgIpc) is 2.64. The summed E-state index contributed by atoms with van der Waals surface area (Å²) in [5, 5.41) is 8.98. The smallest absolute Gasteiger partial charge is 0.239 e. The Balaban J connectivity index is 2.15. The Bertz CT molecular complexity index is 481. The zero-order valence-corrected chi connectivity index (χ0v) is 11.0. The molecular weight excluding hydrogens is 246 g/mol. The molecule has 1 aliphatic rings. The molecule has 1 unspecified atom stereocenters. The highest BCUT2D eigenvalue weighted by Crippen LogP contribution is 2.30. The van der Waals surface area contributed by atoms with Crippen LogP contribution in [0.4, 0.5) is 0 Å². The minimum Gasteiger partial charge on any atom is -0.491 e. The molecule has 0 aromatic heterocycles. The number of aliphatic hydroxyl groups excluding tert-OH is 1. The molecule has 1 atom stereocenters. The maximum absolute atomic E-state index is 11.9. The number of imide groups is 1. The van der Waals surface area contributed by atoms with Crippen LogP contribution in [0.25, 0.3) is 0 Å². The third-order valence-electron chi connectivity index (χ3n) is 3.04. The minimum absolute atomic E-state index is 0.0884. The van der Waals surface area contributed by atoms with E-state index in [0.29, 0.717) is 0 Å². The fourth-order valence-corrected chi connectivity index (χ4v) is 2.14. The van der Waals surface area contributed by atoms with Gasteiger partial charge in [0, 0.05) is 6.42 Å². The van der Waals surface area contributed by atoms with Crippen molar-refractivity contribution in [3.05, 3.63) is 29.8 Å². The molecule has 2 rings (SSSR count). The lowest BCUT2D eigenvalue weighted by Crippen LogP contribution is -2.31. The van der Waals surface area contributed by atoms with Gasteiger partial charge in [0.05, 0.1) is 12.0 Å². The number of likely N-dealkylation sites (tertiary alicyclic amines) is 1. The van der Waals surface area contributed by atoms with Crippen molar-refractivity contribution in [1.29, 1.82) is 0 Å². The van der Waals surface area contributed by atoms with Crippen molar-refractivity contribution in [2.75, 3.05) is 6.73 Å². The van der Waals surface area contributed by atoms with Crippen molar-refractivity contribution in [3.63, 3.8) is 0 Å². The van der Waals surface area contributed by atoms with E-state index in [9.17, 15) is 9.59 Å². The summed E-state index contributed by atoms with van der Waals surface area (Å²) in [7, 11) is 0. The van der Waals surface area contributed by atoms with Gasteiger partial charge in [-0.1, -0.05) is 12.1 Å². The quantitative estimate of drug-likeness (QED) is 0.831. The molecule has 1 aromatic rings. The highest BCUT2D eigenvalue weighted by atomic mass is 16.5. The van der Waals surface area contributed by atoms with Gasteiger partial charge >= 0.3 is 0 Å². The van der Waals surface area contributed by atoms with E-state index in [1.807, 2.05) is 13.8 Å². The molecule has 5 heteroatoms. The number of carbonyl (C=O) groups excluding carboxylic acids is 2. The fourth-order valence-electron chi connectivity index (χ4n) is 2.14. The predicted octanol–water partition coefficient (Wildman–Crippen LogP) is 1.27. The number of nitrogens with zero attached hydrogens (tertiary/aromatic N) is 1. The van der Waals surface area contributed by atoms with Crippen molar-refractivity contribution in [3.8, 4) is 5.75 Å². The molecule has 102 valence electrons. The third-order valence-corrected chi connectivity index (χ3v) is 3.04. The van der Waals surface area contributed by atoms with Crippen molar-refractivity contribution >= 4 is 11.8 Å². The maximum atomic E-state index is 11.9. The molecule has 0 spiro atoms. The first-order valence-corrected chi connectivity index (χ1v) is 6.24. The van der Waals surface area contributed by atoms with Crippen LogP contribution in [0.1, 0.15) is 31.7 Å². The lowest BCUT2D eigenvalue weighted by Gasteiger charge is -2.13. The SMILES string of the molecule is CC(C)Oc1ccc(C2CC(=O)N(CO)C2=O)cc1. The number of ether oxygens (including phenoxy) is 1. The lowest BCUT2D eigenvalue weighted by molar-refractivity contribution is -0.142. The molecule has 0 radical (unpaired) electrons. The molecule has 5 nitrogen and oxygen atoms in total. The second-order valence-electron chi connectivity index (χ2n) is 4.79. The minimum atomic E-state index is -0.553. The third kappa shape index (κ3) is 2.76. The normalized spacial score (nSPS) is 19.4. The first-order chi connectivity index (χ1) is 9.02. The first kappa shape index (κ1) is 13.5. The molecule has 0 bridgehead atoms. The zero-order chi connectivity index (χ0) is 14.0. The van der Waals surface area contributed by atoms with Crippen LogP contribution in [-0.4, -0.2) is 34.7 Å². The van der Waals surface area contributed by atoms with Gasteiger partial charge in [-0.2, -0.15) is 0 Å². The van der Waals surface area contributed by atoms with Crippen LogP contribution in [0.2, 0.25) is 0 Å². The Morgan fingerprint density at radius 2 is 1.95 bits per heavy atom. The van der Waals surface area contributed by atoms with E-state index in [2.05, 4.69) is 0 Å². The van der Waals surface area contributed by atoms with E-state index in [0.717, 1.165) is 16.2 Å². The fraction of sp³-hybridized carbons (Fsp3) is 0.429. The summed E-state index contributed by atoms with van der Waals surface area (Å²) in [6.45, 7) is 3.32. The van der Waals surface area contributed by atoms with Gasteiger partial charge < -0.3 is 9.84 Å². The summed E-state index contributed by atoms with van der Waals surface area (Å²) in [4.78, 5) is 24.3. The molecule has 0 aliphatic carbocycles. The average molecular weight is 263 g/mol. The predicted molar refractivity (Wildman–Crippen MR) is 68.5 cm³/mol. The van der Waals surface area contributed by atoms with Crippen LogP contribution in [-0.2, 0) is 9.59 Å². The second-order valence-corrected chi connectivity index (χ2v) is 4.79. The van der Waals surface area contributed by atoms with Crippen molar-refractivity contribution in [2.24, 2.45) is 0 Å². The van der Waals surface area contributed by atoms with Crippen LogP contribution in [0.3, 0.4) is 0 Å². The van der Waals surface area contributed by atoms with Crippen molar-refractivity contribution < 1.29 is 19.4 Å². The van der Waals surface area contributed by atoms with Gasteiger partial charge in [-0.15, -0.1) is 0 Å². The van der Waals surface area contributed by atoms with Gasteiger partial charge in [-0.3, -0.25) is 14.5 Å². The van der Waals surface area contributed by atoms with Gasteiger partial charge in [0.15, 0.2) is 0 Å². The monoisotopic (exact) mass is 263 g/mol. The summed E-state index contributed by atoms with van der Waals surface area (Å²) in [6, 6.07) is 7.15. The standard InChI is InChI=1S/C14H17NO4/c1-9(2)19-11-5-3-10(4-6-11)12-7-13(17)15(8-16)14(12)18/h3-6,9,12,16H,7-8H2,1-2H3. The Labute approximate surface area is 111 Å². The van der Waals surface area contributed by atoms with Crippen molar-refractivity contribution in [1.82, 2.24) is 4.90 Å². The number of benzene rings is 1. The number of amides is 2. The summed E-state index contributed by atoms with van der Waals surface area (Å²) in [5.74, 6) is -0.438. The van der Waals surface area contributed by atoms with Crippen LogP contribution in [0.5, 0.6) is 5.75 Å². The Morgan fingerprint density at radius 1 is 1.32 bits per heavy atom. The summed E-state index contributed by atoms with van der Waals surface area (Å²) in [5.41, 5.74) is 0.769.